The van der Waals surface area contributed by atoms with Crippen molar-refractivity contribution in [1.82, 2.24) is 4.90 Å². The van der Waals surface area contributed by atoms with Crippen LogP contribution in [0.3, 0.4) is 0 Å². The minimum absolute atomic E-state index is 0.0880. The molecule has 5 nitrogen and oxygen atoms in total. The molecular weight excluding hydrogens is 256 g/mol. The van der Waals surface area contributed by atoms with E-state index in [1.54, 1.807) is 21.0 Å². The molecule has 1 amide bonds. The summed E-state index contributed by atoms with van der Waals surface area (Å²) in [5.74, 6) is 1.18. The summed E-state index contributed by atoms with van der Waals surface area (Å²) < 4.78 is 11.4. The van der Waals surface area contributed by atoms with E-state index in [2.05, 4.69) is 0 Å². The van der Waals surface area contributed by atoms with Crippen molar-refractivity contribution < 1.29 is 14.3 Å². The molecule has 0 aromatic heterocycles. The number of nitrogens with zero attached hydrogens (tertiary/aromatic N) is 1. The van der Waals surface area contributed by atoms with Crippen molar-refractivity contribution in [3.8, 4) is 11.5 Å². The molecule has 0 aliphatic heterocycles. The standard InChI is InChI=1S/C15H24N2O3/c1-5-19-13-8-6-7-12(9-10-16)14(13)20-11(2)15(18)17(3)4/h6-8,11H,5,9-10,16H2,1-4H3. The Morgan fingerprint density at radius 3 is 2.65 bits per heavy atom. The maximum Gasteiger partial charge on any atom is 0.262 e. The van der Waals surface area contributed by atoms with Crippen molar-refractivity contribution >= 4 is 5.91 Å². The topological polar surface area (TPSA) is 64.8 Å². The molecule has 0 fully saturated rings. The lowest BCUT2D eigenvalue weighted by molar-refractivity contribution is -0.135. The van der Waals surface area contributed by atoms with Crippen LogP contribution < -0.4 is 15.2 Å². The Bertz CT molecular complexity index is 422. The van der Waals surface area contributed by atoms with Gasteiger partial charge >= 0.3 is 0 Å². The van der Waals surface area contributed by atoms with Gasteiger partial charge in [-0.15, -0.1) is 0 Å². The molecule has 1 rings (SSSR count). The van der Waals surface area contributed by atoms with Gasteiger partial charge in [0.1, 0.15) is 0 Å². The highest BCUT2D eigenvalue weighted by Gasteiger charge is 2.20. The van der Waals surface area contributed by atoms with Gasteiger partial charge < -0.3 is 20.1 Å². The Balaban J connectivity index is 3.03. The summed E-state index contributed by atoms with van der Waals surface area (Å²) in [5.41, 5.74) is 6.58. The summed E-state index contributed by atoms with van der Waals surface area (Å²) in [5, 5.41) is 0. The van der Waals surface area contributed by atoms with Crippen LogP contribution in [0.5, 0.6) is 11.5 Å². The fourth-order valence-electron chi connectivity index (χ4n) is 1.91. The van der Waals surface area contributed by atoms with Gasteiger partial charge in [0.05, 0.1) is 6.61 Å². The molecule has 1 aromatic carbocycles. The van der Waals surface area contributed by atoms with Crippen LogP contribution in [-0.2, 0) is 11.2 Å². The normalized spacial score (nSPS) is 11.8. The minimum Gasteiger partial charge on any atom is -0.490 e. The maximum atomic E-state index is 11.9. The number of ether oxygens (including phenoxy) is 2. The zero-order valence-corrected chi connectivity index (χ0v) is 12.7. The highest BCUT2D eigenvalue weighted by atomic mass is 16.5. The van der Waals surface area contributed by atoms with Crippen molar-refractivity contribution in [2.75, 3.05) is 27.2 Å². The van der Waals surface area contributed by atoms with Crippen molar-refractivity contribution in [2.45, 2.75) is 26.4 Å². The molecule has 0 bridgehead atoms. The molecule has 0 heterocycles. The van der Waals surface area contributed by atoms with E-state index in [4.69, 9.17) is 15.2 Å². The third-order valence-electron chi connectivity index (χ3n) is 2.86. The van der Waals surface area contributed by atoms with E-state index in [0.717, 1.165) is 5.56 Å². The average Bonchev–Trinajstić information content (AvgIpc) is 2.41. The Morgan fingerprint density at radius 1 is 1.40 bits per heavy atom. The molecule has 1 atom stereocenters. The summed E-state index contributed by atoms with van der Waals surface area (Å²) in [6.45, 7) is 4.70. The summed E-state index contributed by atoms with van der Waals surface area (Å²) in [6, 6.07) is 5.69. The zero-order valence-electron chi connectivity index (χ0n) is 12.7. The predicted molar refractivity (Wildman–Crippen MR) is 79.2 cm³/mol. The van der Waals surface area contributed by atoms with Crippen LogP contribution in [0.25, 0.3) is 0 Å². The van der Waals surface area contributed by atoms with Crippen molar-refractivity contribution in [3.63, 3.8) is 0 Å². The van der Waals surface area contributed by atoms with Gasteiger partial charge in [-0.05, 0) is 38.4 Å². The van der Waals surface area contributed by atoms with Crippen LogP contribution in [0.1, 0.15) is 19.4 Å². The molecule has 20 heavy (non-hydrogen) atoms. The number of hydrogen-bond donors (Lipinski definition) is 1. The van der Waals surface area contributed by atoms with Gasteiger partial charge in [-0.2, -0.15) is 0 Å². The quantitative estimate of drug-likeness (QED) is 0.821. The van der Waals surface area contributed by atoms with E-state index in [0.29, 0.717) is 31.1 Å². The van der Waals surface area contributed by atoms with Crippen LogP contribution in [0.4, 0.5) is 0 Å². The number of benzene rings is 1. The van der Waals surface area contributed by atoms with Gasteiger partial charge in [0.2, 0.25) is 0 Å². The lowest BCUT2D eigenvalue weighted by Gasteiger charge is -2.21. The van der Waals surface area contributed by atoms with Crippen molar-refractivity contribution in [1.29, 1.82) is 0 Å². The van der Waals surface area contributed by atoms with E-state index in [1.165, 1.54) is 4.90 Å². The molecule has 0 radical (unpaired) electrons. The summed E-state index contributed by atoms with van der Waals surface area (Å²) in [6.07, 6.45) is 0.113. The minimum atomic E-state index is -0.567. The molecule has 1 aromatic rings. The molecule has 2 N–H and O–H groups in total. The highest BCUT2D eigenvalue weighted by molar-refractivity contribution is 5.80. The lowest BCUT2D eigenvalue weighted by atomic mass is 10.1. The van der Waals surface area contributed by atoms with Gasteiger partial charge in [-0.1, -0.05) is 12.1 Å². The highest BCUT2D eigenvalue weighted by Crippen LogP contribution is 2.32. The third kappa shape index (κ3) is 4.13. The van der Waals surface area contributed by atoms with Crippen LogP contribution in [-0.4, -0.2) is 44.2 Å². The zero-order chi connectivity index (χ0) is 15.1. The summed E-state index contributed by atoms with van der Waals surface area (Å²) in [4.78, 5) is 13.4. The molecule has 112 valence electrons. The second kappa shape index (κ2) is 7.75. The number of rotatable bonds is 7. The lowest BCUT2D eigenvalue weighted by Crippen LogP contribution is -2.35. The number of carbonyl (C=O) groups is 1. The number of likely N-dealkylation sites (N-methyl/N-ethyl adjacent to an activating group) is 1. The predicted octanol–water partition coefficient (Wildman–Crippen LogP) is 1.44. The summed E-state index contributed by atoms with van der Waals surface area (Å²) >= 11 is 0. The van der Waals surface area contributed by atoms with Gasteiger partial charge in [-0.25, -0.2) is 0 Å². The Hall–Kier alpha value is -1.75. The number of nitrogens with two attached hydrogens (primary N) is 1. The molecule has 0 saturated carbocycles. The molecule has 0 saturated heterocycles. The van der Waals surface area contributed by atoms with Crippen LogP contribution in [0.2, 0.25) is 0 Å². The van der Waals surface area contributed by atoms with Crippen LogP contribution >= 0.6 is 0 Å². The first-order valence-corrected chi connectivity index (χ1v) is 6.83. The second-order valence-electron chi connectivity index (χ2n) is 4.71. The first-order chi connectivity index (χ1) is 9.51. The van der Waals surface area contributed by atoms with Crippen LogP contribution in [0, 0.1) is 0 Å². The van der Waals surface area contributed by atoms with Gasteiger partial charge in [0, 0.05) is 14.1 Å². The molecule has 5 heteroatoms. The van der Waals surface area contributed by atoms with Gasteiger partial charge in [0.15, 0.2) is 17.6 Å². The fraction of sp³-hybridized carbons (Fsp3) is 0.533. The van der Waals surface area contributed by atoms with E-state index < -0.39 is 6.10 Å². The monoisotopic (exact) mass is 280 g/mol. The van der Waals surface area contributed by atoms with Crippen molar-refractivity contribution in [3.05, 3.63) is 23.8 Å². The molecular formula is C15H24N2O3. The smallest absolute Gasteiger partial charge is 0.262 e. The van der Waals surface area contributed by atoms with Gasteiger partial charge in [-0.3, -0.25) is 4.79 Å². The third-order valence-corrected chi connectivity index (χ3v) is 2.86. The number of carbonyl (C=O) groups excluding carboxylic acids is 1. The molecule has 1 unspecified atom stereocenters. The second-order valence-corrected chi connectivity index (χ2v) is 4.71. The molecule has 0 aliphatic carbocycles. The van der Waals surface area contributed by atoms with Crippen LogP contribution in [0.15, 0.2) is 18.2 Å². The number of hydrogen-bond acceptors (Lipinski definition) is 4. The number of amides is 1. The first kappa shape index (κ1) is 16.3. The van der Waals surface area contributed by atoms with Crippen molar-refractivity contribution in [2.24, 2.45) is 5.73 Å². The Labute approximate surface area is 120 Å². The number of para-hydroxylation sites is 1. The molecule has 0 aliphatic rings. The summed E-state index contributed by atoms with van der Waals surface area (Å²) in [7, 11) is 3.41. The first-order valence-electron chi connectivity index (χ1n) is 6.83. The average molecular weight is 280 g/mol. The fourth-order valence-corrected chi connectivity index (χ4v) is 1.91. The molecule has 0 spiro atoms. The van der Waals surface area contributed by atoms with E-state index in [-0.39, 0.29) is 5.91 Å². The van der Waals surface area contributed by atoms with Gasteiger partial charge in [0.25, 0.3) is 5.91 Å². The Kier molecular flexibility index (Phi) is 6.31. The largest absolute Gasteiger partial charge is 0.490 e. The van der Waals surface area contributed by atoms with E-state index in [1.807, 2.05) is 25.1 Å². The van der Waals surface area contributed by atoms with E-state index >= 15 is 0 Å². The Morgan fingerprint density at radius 2 is 2.10 bits per heavy atom. The SMILES string of the molecule is CCOc1cccc(CCN)c1OC(C)C(=O)N(C)C. The van der Waals surface area contributed by atoms with E-state index in [9.17, 15) is 4.79 Å². The maximum absolute atomic E-state index is 11.9.